The largest absolute Gasteiger partial charge is 0.497 e. The summed E-state index contributed by atoms with van der Waals surface area (Å²) in [6.45, 7) is 3.00. The van der Waals surface area contributed by atoms with E-state index in [4.69, 9.17) is 10.00 Å². The number of nitrogens with zero attached hydrogens (tertiary/aromatic N) is 2. The molecule has 1 aliphatic heterocycles. The quantitative estimate of drug-likeness (QED) is 0.814. The van der Waals surface area contributed by atoms with Crippen LogP contribution in [0.5, 0.6) is 5.75 Å². The van der Waals surface area contributed by atoms with Crippen molar-refractivity contribution in [1.82, 2.24) is 4.90 Å². The van der Waals surface area contributed by atoms with E-state index in [1.54, 1.807) is 7.11 Å². The molecule has 0 amide bonds. The van der Waals surface area contributed by atoms with Crippen LogP contribution in [-0.4, -0.2) is 25.1 Å². The van der Waals surface area contributed by atoms with Crippen molar-refractivity contribution in [3.8, 4) is 11.8 Å². The lowest BCUT2D eigenvalue weighted by Crippen LogP contribution is -2.27. The molecule has 0 N–H and O–H groups in total. The summed E-state index contributed by atoms with van der Waals surface area (Å²) >= 11 is 0. The van der Waals surface area contributed by atoms with Gasteiger partial charge in [-0.15, -0.1) is 0 Å². The first-order valence-electron chi connectivity index (χ1n) is 8.49. The molecule has 2 aromatic rings. The van der Waals surface area contributed by atoms with Crippen molar-refractivity contribution >= 4 is 6.08 Å². The summed E-state index contributed by atoms with van der Waals surface area (Å²) in [5.74, 6) is 0.900. The summed E-state index contributed by atoms with van der Waals surface area (Å²) in [5, 5.41) is 8.83. The van der Waals surface area contributed by atoms with Gasteiger partial charge in [-0.05, 0) is 47.4 Å². The van der Waals surface area contributed by atoms with Crippen LogP contribution >= 0.6 is 0 Å². The zero-order valence-corrected chi connectivity index (χ0v) is 14.5. The maximum absolute atomic E-state index is 8.83. The van der Waals surface area contributed by atoms with E-state index in [1.807, 2.05) is 36.4 Å². The van der Waals surface area contributed by atoms with Crippen LogP contribution in [0.1, 0.15) is 23.1 Å². The summed E-state index contributed by atoms with van der Waals surface area (Å²) in [5.41, 5.74) is 4.50. The minimum absolute atomic E-state index is 0.697. The standard InChI is InChI=1S/C22H22N2O/c1-25-22-10-8-21(9-11-22)17-24-14-12-19(13-15-24)3-2-18-4-6-20(16-23)7-5-18/h2-12H,13-15,17H2,1H3/b3-2+. The van der Waals surface area contributed by atoms with E-state index in [1.165, 1.54) is 11.1 Å². The van der Waals surface area contributed by atoms with E-state index in [9.17, 15) is 0 Å². The van der Waals surface area contributed by atoms with Crippen molar-refractivity contribution in [1.29, 1.82) is 5.26 Å². The fourth-order valence-electron chi connectivity index (χ4n) is 2.88. The SMILES string of the molecule is COc1ccc(CN2CC=C(/C=C/c3ccc(C#N)cc3)CC2)cc1. The van der Waals surface area contributed by atoms with Crippen LogP contribution in [0.4, 0.5) is 0 Å². The molecule has 0 atom stereocenters. The smallest absolute Gasteiger partial charge is 0.118 e. The molecule has 1 heterocycles. The Labute approximate surface area is 149 Å². The van der Waals surface area contributed by atoms with E-state index in [-0.39, 0.29) is 0 Å². The minimum atomic E-state index is 0.697. The van der Waals surface area contributed by atoms with Gasteiger partial charge in [-0.3, -0.25) is 4.90 Å². The zero-order valence-electron chi connectivity index (χ0n) is 14.5. The molecule has 1 aliphatic rings. The van der Waals surface area contributed by atoms with Gasteiger partial charge in [0.15, 0.2) is 0 Å². The number of hydrogen-bond acceptors (Lipinski definition) is 3. The van der Waals surface area contributed by atoms with Crippen LogP contribution in [0.25, 0.3) is 6.08 Å². The number of rotatable bonds is 5. The molecule has 0 bridgehead atoms. The van der Waals surface area contributed by atoms with Gasteiger partial charge in [-0.2, -0.15) is 5.26 Å². The fourth-order valence-corrected chi connectivity index (χ4v) is 2.88. The molecule has 0 saturated heterocycles. The second-order valence-corrected chi connectivity index (χ2v) is 6.18. The number of methoxy groups -OCH3 is 1. The predicted molar refractivity (Wildman–Crippen MR) is 101 cm³/mol. The highest BCUT2D eigenvalue weighted by Crippen LogP contribution is 2.18. The average molecular weight is 330 g/mol. The first-order chi connectivity index (χ1) is 12.3. The van der Waals surface area contributed by atoms with Crippen molar-refractivity contribution < 1.29 is 4.74 Å². The van der Waals surface area contributed by atoms with Gasteiger partial charge in [0.1, 0.15) is 5.75 Å². The lowest BCUT2D eigenvalue weighted by atomic mass is 10.0. The summed E-state index contributed by atoms with van der Waals surface area (Å²) in [7, 11) is 1.69. The van der Waals surface area contributed by atoms with E-state index in [0.29, 0.717) is 5.56 Å². The van der Waals surface area contributed by atoms with Crippen molar-refractivity contribution in [2.75, 3.05) is 20.2 Å². The van der Waals surface area contributed by atoms with E-state index in [0.717, 1.165) is 37.4 Å². The van der Waals surface area contributed by atoms with Crippen molar-refractivity contribution in [2.45, 2.75) is 13.0 Å². The number of nitriles is 1. The fraction of sp³-hybridized carbons (Fsp3) is 0.227. The van der Waals surface area contributed by atoms with Crippen molar-refractivity contribution in [3.05, 3.63) is 82.9 Å². The Bertz CT molecular complexity index is 795. The third-order valence-corrected chi connectivity index (χ3v) is 4.42. The molecule has 0 radical (unpaired) electrons. The van der Waals surface area contributed by atoms with Crippen LogP contribution in [-0.2, 0) is 6.54 Å². The van der Waals surface area contributed by atoms with Crippen LogP contribution in [0.2, 0.25) is 0 Å². The highest BCUT2D eigenvalue weighted by Gasteiger charge is 2.10. The van der Waals surface area contributed by atoms with Crippen molar-refractivity contribution in [3.63, 3.8) is 0 Å². The number of ether oxygens (including phenoxy) is 1. The Morgan fingerprint density at radius 3 is 2.44 bits per heavy atom. The Balaban J connectivity index is 1.54. The van der Waals surface area contributed by atoms with Crippen molar-refractivity contribution in [2.24, 2.45) is 0 Å². The first-order valence-corrected chi connectivity index (χ1v) is 8.49. The molecule has 0 fully saturated rings. The molecule has 0 aliphatic carbocycles. The molecule has 3 heteroatoms. The second-order valence-electron chi connectivity index (χ2n) is 6.18. The normalized spacial score (nSPS) is 15.0. The van der Waals surface area contributed by atoms with Gasteiger partial charge in [0.05, 0.1) is 18.7 Å². The van der Waals surface area contributed by atoms with Gasteiger partial charge >= 0.3 is 0 Å². The Hall–Kier alpha value is -2.83. The molecule has 0 unspecified atom stereocenters. The Morgan fingerprint density at radius 1 is 1.08 bits per heavy atom. The van der Waals surface area contributed by atoms with Crippen LogP contribution in [0.15, 0.2) is 66.3 Å². The topological polar surface area (TPSA) is 36.3 Å². The maximum atomic E-state index is 8.83. The summed E-state index contributed by atoms with van der Waals surface area (Å²) in [6, 6.07) is 18.1. The monoisotopic (exact) mass is 330 g/mol. The van der Waals surface area contributed by atoms with Gasteiger partial charge in [0.2, 0.25) is 0 Å². The molecular weight excluding hydrogens is 308 g/mol. The first kappa shape index (κ1) is 17.0. The number of allylic oxidation sites excluding steroid dienone is 1. The Kier molecular flexibility index (Phi) is 5.66. The number of benzene rings is 2. The molecule has 0 spiro atoms. The molecule has 3 rings (SSSR count). The van der Waals surface area contributed by atoms with Gasteiger partial charge in [-0.1, -0.05) is 42.5 Å². The third kappa shape index (κ3) is 4.82. The predicted octanol–water partition coefficient (Wildman–Crippen LogP) is 4.41. The lowest BCUT2D eigenvalue weighted by molar-refractivity contribution is 0.287. The molecule has 126 valence electrons. The van der Waals surface area contributed by atoms with Gasteiger partial charge in [0.25, 0.3) is 0 Å². The lowest BCUT2D eigenvalue weighted by Gasteiger charge is -2.25. The molecular formula is C22H22N2O. The molecule has 2 aromatic carbocycles. The summed E-state index contributed by atoms with van der Waals surface area (Å²) < 4.78 is 5.20. The molecule has 0 saturated carbocycles. The van der Waals surface area contributed by atoms with E-state index < -0.39 is 0 Å². The summed E-state index contributed by atoms with van der Waals surface area (Å²) in [4.78, 5) is 2.45. The highest BCUT2D eigenvalue weighted by molar-refractivity contribution is 5.54. The van der Waals surface area contributed by atoms with Crippen LogP contribution in [0.3, 0.4) is 0 Å². The average Bonchev–Trinajstić information content (AvgIpc) is 2.68. The summed E-state index contributed by atoms with van der Waals surface area (Å²) in [6.07, 6.45) is 7.66. The minimum Gasteiger partial charge on any atom is -0.497 e. The third-order valence-electron chi connectivity index (χ3n) is 4.42. The second kappa shape index (κ2) is 8.32. The maximum Gasteiger partial charge on any atom is 0.118 e. The molecule has 0 aromatic heterocycles. The van der Waals surface area contributed by atoms with Gasteiger partial charge < -0.3 is 4.74 Å². The van der Waals surface area contributed by atoms with E-state index >= 15 is 0 Å². The van der Waals surface area contributed by atoms with Crippen LogP contribution in [0, 0.1) is 11.3 Å². The molecule has 3 nitrogen and oxygen atoms in total. The Morgan fingerprint density at radius 2 is 1.84 bits per heavy atom. The molecule has 25 heavy (non-hydrogen) atoms. The van der Waals surface area contributed by atoms with E-state index in [2.05, 4.69) is 41.3 Å². The van der Waals surface area contributed by atoms with Gasteiger partial charge in [0, 0.05) is 19.6 Å². The zero-order chi connectivity index (χ0) is 17.5. The highest BCUT2D eigenvalue weighted by atomic mass is 16.5. The number of hydrogen-bond donors (Lipinski definition) is 0. The van der Waals surface area contributed by atoms with Gasteiger partial charge in [-0.25, -0.2) is 0 Å². The van der Waals surface area contributed by atoms with Crippen LogP contribution < -0.4 is 4.74 Å².